The summed E-state index contributed by atoms with van der Waals surface area (Å²) in [6.45, 7) is 9.58. The Morgan fingerprint density at radius 2 is 1.97 bits per heavy atom. The summed E-state index contributed by atoms with van der Waals surface area (Å²) in [5.74, 6) is 3.31. The molecule has 3 saturated carbocycles. The normalized spacial score (nSPS) is 42.8. The zero-order valence-electron chi connectivity index (χ0n) is 20.0. The molecule has 0 aromatic heterocycles. The van der Waals surface area contributed by atoms with Crippen LogP contribution in [0.4, 0.5) is 0 Å². The summed E-state index contributed by atoms with van der Waals surface area (Å²) in [5.41, 5.74) is 2.39. The van der Waals surface area contributed by atoms with Crippen molar-refractivity contribution in [2.75, 3.05) is 13.1 Å². The van der Waals surface area contributed by atoms with Crippen molar-refractivity contribution < 1.29 is 15.0 Å². The van der Waals surface area contributed by atoms with Crippen LogP contribution in [0.15, 0.2) is 11.6 Å². The summed E-state index contributed by atoms with van der Waals surface area (Å²) in [6, 6.07) is 0. The molecular weight excluding hydrogens is 386 g/mol. The lowest BCUT2D eigenvalue weighted by atomic mass is 9.47. The van der Waals surface area contributed by atoms with Gasteiger partial charge in [0.05, 0.1) is 6.10 Å². The molecule has 3 fully saturated rings. The number of hydrogen-bond donors (Lipinski definition) is 3. The number of nitrogens with one attached hydrogen (secondary N) is 1. The van der Waals surface area contributed by atoms with Crippen LogP contribution in [0.3, 0.4) is 0 Å². The molecule has 0 unspecified atom stereocenters. The molecule has 4 aliphatic carbocycles. The van der Waals surface area contributed by atoms with Crippen molar-refractivity contribution in [3.63, 3.8) is 0 Å². The van der Waals surface area contributed by atoms with Gasteiger partial charge in [-0.25, -0.2) is 0 Å². The third-order valence-corrected chi connectivity index (χ3v) is 10.3. The van der Waals surface area contributed by atoms with Crippen LogP contribution in [0.2, 0.25) is 0 Å². The zero-order chi connectivity index (χ0) is 22.2. The standard InChI is InChI=1S/C27H45NO3/c1-18(17-28-15-5-4-6-25(30)31)22-9-10-23-21-8-7-19-16-20(29)11-13-26(19,2)24(21)12-14-27(22,23)3/h7,18,20-24,28-29H,4-6,8-17H2,1-3H3,(H,30,31)/t18-,20+,21+,22-,23+,24+,26+,27-/m1/s1. The monoisotopic (exact) mass is 431 g/mol. The smallest absolute Gasteiger partial charge is 0.303 e. The van der Waals surface area contributed by atoms with Crippen LogP contribution in [0.25, 0.3) is 0 Å². The van der Waals surface area contributed by atoms with E-state index in [1.54, 1.807) is 5.57 Å². The minimum Gasteiger partial charge on any atom is -0.481 e. The average Bonchev–Trinajstić information content (AvgIpc) is 3.08. The maximum atomic E-state index is 10.7. The van der Waals surface area contributed by atoms with Gasteiger partial charge in [-0.3, -0.25) is 4.79 Å². The van der Waals surface area contributed by atoms with E-state index in [4.69, 9.17) is 5.11 Å². The molecule has 0 aromatic carbocycles. The van der Waals surface area contributed by atoms with Crippen molar-refractivity contribution in [3.05, 3.63) is 11.6 Å². The zero-order valence-corrected chi connectivity index (χ0v) is 20.0. The topological polar surface area (TPSA) is 69.6 Å². The number of carboxylic acids is 1. The molecular formula is C27H45NO3. The first-order chi connectivity index (χ1) is 14.8. The Balaban J connectivity index is 1.36. The van der Waals surface area contributed by atoms with Crippen molar-refractivity contribution in [1.29, 1.82) is 0 Å². The van der Waals surface area contributed by atoms with E-state index in [0.717, 1.165) is 62.4 Å². The summed E-state index contributed by atoms with van der Waals surface area (Å²) in [5, 5.41) is 22.6. The van der Waals surface area contributed by atoms with E-state index in [0.29, 0.717) is 16.7 Å². The van der Waals surface area contributed by atoms with Gasteiger partial charge in [0.1, 0.15) is 0 Å². The lowest BCUT2D eigenvalue weighted by molar-refractivity contribution is -0.137. The molecule has 3 N–H and O–H groups in total. The Kier molecular flexibility index (Phi) is 6.89. The van der Waals surface area contributed by atoms with Crippen LogP contribution in [0.5, 0.6) is 0 Å². The fraction of sp³-hybridized carbons (Fsp3) is 0.889. The van der Waals surface area contributed by atoms with Gasteiger partial charge in [-0.15, -0.1) is 0 Å². The third kappa shape index (κ3) is 4.36. The highest BCUT2D eigenvalue weighted by Crippen LogP contribution is 2.67. The molecule has 0 radical (unpaired) electrons. The molecule has 4 aliphatic rings. The summed E-state index contributed by atoms with van der Waals surface area (Å²) in [6.07, 6.45) is 14.3. The summed E-state index contributed by atoms with van der Waals surface area (Å²) in [4.78, 5) is 10.7. The molecule has 0 spiro atoms. The van der Waals surface area contributed by atoms with Gasteiger partial charge in [0.25, 0.3) is 0 Å². The number of rotatable bonds is 8. The number of carboxylic acid groups (broad SMARTS) is 1. The molecule has 176 valence electrons. The van der Waals surface area contributed by atoms with Crippen LogP contribution in [0.1, 0.15) is 91.4 Å². The van der Waals surface area contributed by atoms with Gasteiger partial charge < -0.3 is 15.5 Å². The molecule has 4 nitrogen and oxygen atoms in total. The van der Waals surface area contributed by atoms with Gasteiger partial charge in [-0.1, -0.05) is 32.4 Å². The number of aliphatic carboxylic acids is 1. The minimum atomic E-state index is -0.683. The van der Waals surface area contributed by atoms with Crippen LogP contribution in [-0.2, 0) is 4.79 Å². The molecule has 8 atom stereocenters. The Morgan fingerprint density at radius 3 is 2.74 bits per heavy atom. The maximum absolute atomic E-state index is 10.7. The lowest BCUT2D eigenvalue weighted by Crippen LogP contribution is -2.51. The second-order valence-corrected chi connectivity index (χ2v) is 11.9. The van der Waals surface area contributed by atoms with E-state index in [-0.39, 0.29) is 12.5 Å². The van der Waals surface area contributed by atoms with E-state index in [9.17, 15) is 9.90 Å². The second kappa shape index (κ2) is 9.17. The molecule has 0 amide bonds. The number of hydrogen-bond acceptors (Lipinski definition) is 3. The first kappa shape index (κ1) is 23.3. The average molecular weight is 432 g/mol. The van der Waals surface area contributed by atoms with Crippen molar-refractivity contribution in [3.8, 4) is 0 Å². The maximum Gasteiger partial charge on any atom is 0.303 e. The van der Waals surface area contributed by atoms with E-state index < -0.39 is 5.97 Å². The number of carbonyl (C=O) groups is 1. The number of aliphatic hydroxyl groups is 1. The highest BCUT2D eigenvalue weighted by molar-refractivity contribution is 5.66. The van der Waals surface area contributed by atoms with Crippen LogP contribution >= 0.6 is 0 Å². The van der Waals surface area contributed by atoms with Gasteiger partial charge in [-0.2, -0.15) is 0 Å². The highest BCUT2D eigenvalue weighted by Gasteiger charge is 2.59. The molecule has 0 heterocycles. The fourth-order valence-corrected chi connectivity index (χ4v) is 8.62. The Hall–Kier alpha value is -0.870. The summed E-state index contributed by atoms with van der Waals surface area (Å²) in [7, 11) is 0. The highest BCUT2D eigenvalue weighted by atomic mass is 16.4. The van der Waals surface area contributed by atoms with E-state index >= 15 is 0 Å². The van der Waals surface area contributed by atoms with E-state index in [1.165, 1.54) is 38.5 Å². The van der Waals surface area contributed by atoms with Crippen molar-refractivity contribution in [2.45, 2.75) is 97.5 Å². The van der Waals surface area contributed by atoms with Crippen molar-refractivity contribution in [2.24, 2.45) is 40.4 Å². The SMILES string of the molecule is C[C@H](CNCCCCC(=O)O)[C@H]1CC[C@H]2[C@@H]3CC=C4C[C@@H](O)CC[C@]4(C)[C@H]3CC[C@]12C. The van der Waals surface area contributed by atoms with Crippen molar-refractivity contribution in [1.82, 2.24) is 5.32 Å². The first-order valence-corrected chi connectivity index (χ1v) is 13.1. The van der Waals surface area contributed by atoms with E-state index in [1.807, 2.05) is 0 Å². The van der Waals surface area contributed by atoms with Gasteiger partial charge in [0.15, 0.2) is 0 Å². The van der Waals surface area contributed by atoms with Gasteiger partial charge in [0, 0.05) is 6.42 Å². The number of unbranched alkanes of at least 4 members (excludes halogenated alkanes) is 1. The predicted octanol–water partition coefficient (Wildman–Crippen LogP) is 5.41. The largest absolute Gasteiger partial charge is 0.481 e. The summed E-state index contributed by atoms with van der Waals surface area (Å²) >= 11 is 0. The van der Waals surface area contributed by atoms with Crippen LogP contribution in [-0.4, -0.2) is 35.4 Å². The first-order valence-electron chi connectivity index (χ1n) is 13.1. The number of aliphatic hydroxyl groups excluding tert-OH is 1. The minimum absolute atomic E-state index is 0.113. The molecule has 0 aromatic rings. The predicted molar refractivity (Wildman–Crippen MR) is 125 cm³/mol. The molecule has 0 aliphatic heterocycles. The summed E-state index contributed by atoms with van der Waals surface area (Å²) < 4.78 is 0. The van der Waals surface area contributed by atoms with Gasteiger partial charge in [-0.05, 0) is 118 Å². The van der Waals surface area contributed by atoms with E-state index in [2.05, 4.69) is 32.2 Å². The Morgan fingerprint density at radius 1 is 1.16 bits per heavy atom. The lowest BCUT2D eigenvalue weighted by Gasteiger charge is -2.58. The fourth-order valence-electron chi connectivity index (χ4n) is 8.62. The number of allylic oxidation sites excluding steroid dienone is 1. The molecule has 0 saturated heterocycles. The van der Waals surface area contributed by atoms with Crippen LogP contribution in [0, 0.1) is 40.4 Å². The number of fused-ring (bicyclic) bond motifs is 5. The Bertz CT molecular complexity index is 690. The molecule has 4 heteroatoms. The quantitative estimate of drug-likeness (QED) is 0.355. The molecule has 0 bridgehead atoms. The molecule has 31 heavy (non-hydrogen) atoms. The van der Waals surface area contributed by atoms with Gasteiger partial charge >= 0.3 is 5.97 Å². The van der Waals surface area contributed by atoms with Crippen molar-refractivity contribution >= 4 is 5.97 Å². The van der Waals surface area contributed by atoms with Gasteiger partial charge in [0.2, 0.25) is 0 Å². The van der Waals surface area contributed by atoms with Crippen LogP contribution < -0.4 is 5.32 Å². The Labute approximate surface area is 189 Å². The third-order valence-electron chi connectivity index (χ3n) is 10.3. The molecule has 4 rings (SSSR count). The second-order valence-electron chi connectivity index (χ2n) is 11.9.